The van der Waals surface area contributed by atoms with Crippen LogP contribution in [-0.2, 0) is 19.3 Å². The summed E-state index contributed by atoms with van der Waals surface area (Å²) in [5.41, 5.74) is 9.13. The molecule has 1 unspecified atom stereocenters. The van der Waals surface area contributed by atoms with E-state index in [1.807, 2.05) is 27.7 Å². The van der Waals surface area contributed by atoms with Crippen molar-refractivity contribution in [3.05, 3.63) is 82.2 Å². The van der Waals surface area contributed by atoms with Crippen molar-refractivity contribution in [1.82, 2.24) is 10.2 Å². The molecule has 0 aromatic heterocycles. The number of nitrogens with one attached hydrogen (secondary N) is 1. The Hall–Kier alpha value is -2.50. The average molecular weight is 505 g/mol. The van der Waals surface area contributed by atoms with E-state index in [1.54, 1.807) is 16.7 Å². The summed E-state index contributed by atoms with van der Waals surface area (Å²) in [5.74, 6) is 0. The molecule has 37 heavy (non-hydrogen) atoms. The van der Waals surface area contributed by atoms with Gasteiger partial charge in [0.1, 0.15) is 0 Å². The molecule has 3 rings (SSSR count). The number of hydrogen-bond acceptors (Lipinski definition) is 2. The minimum Gasteiger partial charge on any atom is -0.361 e. The van der Waals surface area contributed by atoms with Gasteiger partial charge >= 0.3 is 0 Å². The Morgan fingerprint density at radius 1 is 1.08 bits per heavy atom. The summed E-state index contributed by atoms with van der Waals surface area (Å²) in [7, 11) is 0. The highest BCUT2D eigenvalue weighted by Crippen LogP contribution is 2.30. The standard InChI is InChI=1S/C29H42N2.2C2H6.C2H2/c1-5-8-9-10-16-26(13-7-3)30-29-22-31(20-19-23(29)4)27-18-17-25-15-11-14-24(12-6-2)28(25)21-27;3*1-2/h5,8-11,13-15,27,30H,6-7,12,16-22H2,1-4H3;2*1-2H3;1-2H/b8-5-,10-9-,26-13+;;;. The Morgan fingerprint density at radius 3 is 2.46 bits per heavy atom. The maximum absolute atomic E-state index is 4.00. The molecular formula is C35H56N2. The normalized spacial score (nSPS) is 17.7. The molecule has 0 fully saturated rings. The van der Waals surface area contributed by atoms with Crippen LogP contribution < -0.4 is 5.32 Å². The third-order valence-corrected chi connectivity index (χ3v) is 6.78. The van der Waals surface area contributed by atoms with Gasteiger partial charge < -0.3 is 5.32 Å². The average Bonchev–Trinajstić information content (AvgIpc) is 2.96. The van der Waals surface area contributed by atoms with Gasteiger partial charge in [-0.25, -0.2) is 0 Å². The number of aryl methyl sites for hydroxylation is 2. The van der Waals surface area contributed by atoms with Crippen molar-refractivity contribution in [3.8, 4) is 12.8 Å². The van der Waals surface area contributed by atoms with Crippen molar-refractivity contribution >= 4 is 0 Å². The number of benzene rings is 1. The molecule has 0 amide bonds. The van der Waals surface area contributed by atoms with Crippen molar-refractivity contribution < 1.29 is 0 Å². The first kappa shape index (κ1) is 34.5. The molecule has 1 aromatic carbocycles. The smallest absolute Gasteiger partial charge is 0.0387 e. The Kier molecular flexibility index (Phi) is 20.1. The van der Waals surface area contributed by atoms with E-state index in [0.717, 1.165) is 19.4 Å². The fourth-order valence-electron chi connectivity index (χ4n) is 5.01. The van der Waals surface area contributed by atoms with Crippen LogP contribution in [0.5, 0.6) is 0 Å². The van der Waals surface area contributed by atoms with E-state index in [2.05, 4.69) is 99.3 Å². The SMILES string of the molecule is C#C.C/C=C\C=C/C/C(=C\CC)NC1=C(C)CCN(C2CCc3cccc(CCC)c3C2)C1.CC.CC. The van der Waals surface area contributed by atoms with E-state index in [0.29, 0.717) is 6.04 Å². The molecule has 1 heterocycles. The minimum atomic E-state index is 0.670. The van der Waals surface area contributed by atoms with Crippen LogP contribution in [0.2, 0.25) is 0 Å². The van der Waals surface area contributed by atoms with Crippen molar-refractivity contribution in [2.45, 2.75) is 113 Å². The monoisotopic (exact) mass is 504 g/mol. The number of fused-ring (bicyclic) bond motifs is 1. The van der Waals surface area contributed by atoms with Gasteiger partial charge in [-0.3, -0.25) is 4.90 Å². The van der Waals surface area contributed by atoms with Gasteiger partial charge in [0.15, 0.2) is 0 Å². The summed E-state index contributed by atoms with van der Waals surface area (Å²) in [4.78, 5) is 2.75. The predicted molar refractivity (Wildman–Crippen MR) is 168 cm³/mol. The van der Waals surface area contributed by atoms with E-state index < -0.39 is 0 Å². The zero-order valence-corrected chi connectivity index (χ0v) is 25.4. The van der Waals surface area contributed by atoms with Gasteiger partial charge in [0.05, 0.1) is 0 Å². The molecule has 0 radical (unpaired) electrons. The van der Waals surface area contributed by atoms with Crippen LogP contribution in [0.4, 0.5) is 0 Å². The lowest BCUT2D eigenvalue weighted by molar-refractivity contribution is 0.184. The Labute approximate surface area is 231 Å². The Balaban J connectivity index is 0.00000201. The van der Waals surface area contributed by atoms with Gasteiger partial charge in [0.2, 0.25) is 0 Å². The van der Waals surface area contributed by atoms with Crippen molar-refractivity contribution in [2.24, 2.45) is 0 Å². The van der Waals surface area contributed by atoms with Crippen LogP contribution in [0.15, 0.2) is 65.5 Å². The molecule has 1 atom stereocenters. The fraction of sp³-hybridized carbons (Fsp3) is 0.543. The third-order valence-electron chi connectivity index (χ3n) is 6.78. The van der Waals surface area contributed by atoms with Crippen LogP contribution in [0.25, 0.3) is 0 Å². The maximum Gasteiger partial charge on any atom is 0.0387 e. The van der Waals surface area contributed by atoms with Crippen LogP contribution in [0.3, 0.4) is 0 Å². The quantitative estimate of drug-likeness (QED) is 0.266. The molecule has 1 N–H and O–H groups in total. The van der Waals surface area contributed by atoms with Gasteiger partial charge in [-0.15, -0.1) is 12.8 Å². The fourth-order valence-corrected chi connectivity index (χ4v) is 5.01. The molecule has 2 aliphatic rings. The number of nitrogens with zero attached hydrogens (tertiary/aromatic N) is 1. The minimum absolute atomic E-state index is 0.670. The molecular weight excluding hydrogens is 448 g/mol. The van der Waals surface area contributed by atoms with Gasteiger partial charge in [0.25, 0.3) is 0 Å². The van der Waals surface area contributed by atoms with E-state index >= 15 is 0 Å². The molecule has 0 bridgehead atoms. The lowest BCUT2D eigenvalue weighted by atomic mass is 9.83. The summed E-state index contributed by atoms with van der Waals surface area (Å²) >= 11 is 0. The summed E-state index contributed by atoms with van der Waals surface area (Å²) in [5, 5.41) is 3.83. The highest BCUT2D eigenvalue weighted by Gasteiger charge is 2.28. The lowest BCUT2D eigenvalue weighted by Gasteiger charge is -2.39. The Morgan fingerprint density at radius 2 is 1.81 bits per heavy atom. The van der Waals surface area contributed by atoms with Crippen LogP contribution in [0, 0.1) is 12.8 Å². The molecule has 0 saturated carbocycles. The van der Waals surface area contributed by atoms with Gasteiger partial charge in [0, 0.05) is 36.9 Å². The van der Waals surface area contributed by atoms with Gasteiger partial charge in [-0.2, -0.15) is 0 Å². The first-order valence-electron chi connectivity index (χ1n) is 14.8. The van der Waals surface area contributed by atoms with E-state index in [1.165, 1.54) is 62.0 Å². The second kappa shape index (κ2) is 21.6. The van der Waals surface area contributed by atoms with Crippen molar-refractivity contribution in [2.75, 3.05) is 13.1 Å². The highest BCUT2D eigenvalue weighted by atomic mass is 15.2. The first-order chi connectivity index (χ1) is 18.2. The summed E-state index contributed by atoms with van der Waals surface area (Å²) in [6, 6.07) is 7.66. The van der Waals surface area contributed by atoms with Gasteiger partial charge in [-0.05, 0) is 69.1 Å². The molecule has 1 aromatic rings. The molecule has 2 heteroatoms. The van der Waals surface area contributed by atoms with Crippen LogP contribution >= 0.6 is 0 Å². The van der Waals surface area contributed by atoms with Gasteiger partial charge in [-0.1, -0.05) is 102 Å². The summed E-state index contributed by atoms with van der Waals surface area (Å²) in [6.07, 6.45) is 28.3. The van der Waals surface area contributed by atoms with E-state index in [-0.39, 0.29) is 0 Å². The molecule has 206 valence electrons. The van der Waals surface area contributed by atoms with Crippen LogP contribution in [-0.4, -0.2) is 24.0 Å². The third kappa shape index (κ3) is 11.6. The highest BCUT2D eigenvalue weighted by molar-refractivity contribution is 5.38. The van der Waals surface area contributed by atoms with Crippen molar-refractivity contribution in [1.29, 1.82) is 0 Å². The number of hydrogen-bond donors (Lipinski definition) is 1. The molecule has 0 spiro atoms. The largest absolute Gasteiger partial charge is 0.361 e. The molecule has 0 saturated heterocycles. The van der Waals surface area contributed by atoms with Crippen LogP contribution in [0.1, 0.15) is 104 Å². The number of allylic oxidation sites excluding steroid dienone is 5. The second-order valence-electron chi connectivity index (χ2n) is 9.10. The zero-order chi connectivity index (χ0) is 28.1. The zero-order valence-electron chi connectivity index (χ0n) is 25.4. The molecule has 1 aliphatic heterocycles. The summed E-state index contributed by atoms with van der Waals surface area (Å²) in [6.45, 7) is 19.1. The maximum atomic E-state index is 4.00. The first-order valence-corrected chi connectivity index (χ1v) is 14.8. The summed E-state index contributed by atoms with van der Waals surface area (Å²) < 4.78 is 0. The second-order valence-corrected chi connectivity index (χ2v) is 9.10. The van der Waals surface area contributed by atoms with E-state index in [9.17, 15) is 0 Å². The molecule has 1 aliphatic carbocycles. The number of rotatable bonds is 9. The number of terminal acetylenes is 1. The topological polar surface area (TPSA) is 15.3 Å². The predicted octanol–water partition coefficient (Wildman–Crippen LogP) is 9.18. The van der Waals surface area contributed by atoms with Crippen molar-refractivity contribution in [3.63, 3.8) is 0 Å². The lowest BCUT2D eigenvalue weighted by Crippen LogP contribution is -2.45. The Bertz CT molecular complexity index is 882. The van der Waals surface area contributed by atoms with E-state index in [4.69, 9.17) is 0 Å². The molecule has 2 nitrogen and oxygen atoms in total.